The van der Waals surface area contributed by atoms with Crippen LogP contribution in [0.5, 0.6) is 0 Å². The summed E-state index contributed by atoms with van der Waals surface area (Å²) in [5.74, 6) is 0.905. The highest BCUT2D eigenvalue weighted by Gasteiger charge is 1.98. The van der Waals surface area contributed by atoms with Gasteiger partial charge in [0.05, 0.1) is 0 Å². The van der Waals surface area contributed by atoms with Gasteiger partial charge in [0.25, 0.3) is 0 Å². The number of nitrogens with zero attached hydrogens (tertiary/aromatic N) is 3. The molecule has 0 aromatic carbocycles. The summed E-state index contributed by atoms with van der Waals surface area (Å²) in [7, 11) is 0. The molecule has 2 aromatic heterocycles. The fourth-order valence-corrected chi connectivity index (χ4v) is 1.38. The molecule has 0 saturated heterocycles. The van der Waals surface area contributed by atoms with Gasteiger partial charge in [0.2, 0.25) is 0 Å². The van der Waals surface area contributed by atoms with Gasteiger partial charge in [0.15, 0.2) is 0 Å². The van der Waals surface area contributed by atoms with Crippen molar-refractivity contribution in [3.63, 3.8) is 0 Å². The molecule has 2 rings (SSSR count). The maximum absolute atomic E-state index is 4.29. The van der Waals surface area contributed by atoms with Crippen molar-refractivity contribution in [1.29, 1.82) is 0 Å². The van der Waals surface area contributed by atoms with E-state index in [0.717, 1.165) is 18.9 Å². The third kappa shape index (κ3) is 2.41. The van der Waals surface area contributed by atoms with Crippen molar-refractivity contribution in [2.45, 2.75) is 13.5 Å². The van der Waals surface area contributed by atoms with Gasteiger partial charge in [-0.1, -0.05) is 6.92 Å². The standard InChI is InChI=1S/C11H14N4/c1-2-12-8-10-3-4-14-11(7-10)15-6-5-13-9-15/h3-7,9,12H,2,8H2,1H3. The molecule has 1 N–H and O–H groups in total. The number of aromatic nitrogens is 3. The van der Waals surface area contributed by atoms with Gasteiger partial charge >= 0.3 is 0 Å². The number of pyridine rings is 1. The second kappa shape index (κ2) is 4.70. The van der Waals surface area contributed by atoms with Gasteiger partial charge in [-0.05, 0) is 24.2 Å². The van der Waals surface area contributed by atoms with Gasteiger partial charge in [-0.15, -0.1) is 0 Å². The highest BCUT2D eigenvalue weighted by molar-refractivity contribution is 5.27. The molecule has 0 aliphatic rings. The third-order valence-electron chi connectivity index (χ3n) is 2.16. The number of hydrogen-bond acceptors (Lipinski definition) is 3. The molecule has 0 radical (unpaired) electrons. The lowest BCUT2D eigenvalue weighted by Gasteiger charge is -2.05. The fraction of sp³-hybridized carbons (Fsp3) is 0.273. The number of hydrogen-bond donors (Lipinski definition) is 1. The molecule has 0 atom stereocenters. The Morgan fingerprint density at radius 1 is 1.40 bits per heavy atom. The van der Waals surface area contributed by atoms with Crippen LogP contribution in [0.2, 0.25) is 0 Å². The topological polar surface area (TPSA) is 42.7 Å². The second-order valence-electron chi connectivity index (χ2n) is 3.27. The molecule has 0 saturated carbocycles. The first kappa shape index (κ1) is 9.86. The Labute approximate surface area is 89.0 Å². The molecule has 2 aromatic rings. The van der Waals surface area contributed by atoms with Crippen LogP contribution >= 0.6 is 0 Å². The summed E-state index contributed by atoms with van der Waals surface area (Å²) in [5.41, 5.74) is 1.23. The van der Waals surface area contributed by atoms with E-state index in [0.29, 0.717) is 0 Å². The molecule has 0 fully saturated rings. The summed E-state index contributed by atoms with van der Waals surface area (Å²) < 4.78 is 1.90. The Morgan fingerprint density at radius 2 is 2.33 bits per heavy atom. The number of nitrogens with one attached hydrogen (secondary N) is 1. The van der Waals surface area contributed by atoms with Gasteiger partial charge in [0.1, 0.15) is 12.1 Å². The van der Waals surface area contributed by atoms with Crippen LogP contribution in [-0.2, 0) is 6.54 Å². The molecule has 0 spiro atoms. The zero-order chi connectivity index (χ0) is 10.5. The molecule has 4 heteroatoms. The predicted octanol–water partition coefficient (Wildman–Crippen LogP) is 1.38. The van der Waals surface area contributed by atoms with E-state index in [9.17, 15) is 0 Å². The van der Waals surface area contributed by atoms with E-state index < -0.39 is 0 Å². The minimum atomic E-state index is 0.876. The fourth-order valence-electron chi connectivity index (χ4n) is 1.38. The highest BCUT2D eigenvalue weighted by atomic mass is 15.1. The van der Waals surface area contributed by atoms with E-state index in [1.54, 1.807) is 12.5 Å². The SMILES string of the molecule is CCNCc1ccnc(-n2ccnc2)c1. The molecule has 78 valence electrons. The molecule has 0 aliphatic heterocycles. The Morgan fingerprint density at radius 3 is 3.07 bits per heavy atom. The van der Waals surface area contributed by atoms with Gasteiger partial charge < -0.3 is 5.32 Å². The zero-order valence-corrected chi connectivity index (χ0v) is 8.72. The van der Waals surface area contributed by atoms with Crippen molar-refractivity contribution in [2.24, 2.45) is 0 Å². The van der Waals surface area contributed by atoms with Gasteiger partial charge in [-0.25, -0.2) is 9.97 Å². The summed E-state index contributed by atoms with van der Waals surface area (Å²) in [5, 5.41) is 3.28. The van der Waals surface area contributed by atoms with Crippen LogP contribution in [-0.4, -0.2) is 21.1 Å². The molecule has 0 unspecified atom stereocenters. The predicted molar refractivity (Wildman–Crippen MR) is 58.7 cm³/mol. The van der Waals surface area contributed by atoms with E-state index in [2.05, 4.69) is 28.3 Å². The third-order valence-corrected chi connectivity index (χ3v) is 2.16. The van der Waals surface area contributed by atoms with Crippen LogP contribution in [0.3, 0.4) is 0 Å². The van der Waals surface area contributed by atoms with Crippen LogP contribution in [0.25, 0.3) is 5.82 Å². The monoisotopic (exact) mass is 202 g/mol. The summed E-state index contributed by atoms with van der Waals surface area (Å²) in [6.07, 6.45) is 7.21. The summed E-state index contributed by atoms with van der Waals surface area (Å²) in [6, 6.07) is 4.08. The normalized spacial score (nSPS) is 10.5. The van der Waals surface area contributed by atoms with E-state index in [-0.39, 0.29) is 0 Å². The lowest BCUT2D eigenvalue weighted by Crippen LogP contribution is -2.12. The molecular formula is C11H14N4. The Bertz CT molecular complexity index is 408. The lowest BCUT2D eigenvalue weighted by atomic mass is 10.2. The quantitative estimate of drug-likeness (QED) is 0.814. The van der Waals surface area contributed by atoms with E-state index >= 15 is 0 Å². The van der Waals surface area contributed by atoms with E-state index in [1.165, 1.54) is 5.56 Å². The first-order valence-electron chi connectivity index (χ1n) is 5.04. The second-order valence-corrected chi connectivity index (χ2v) is 3.27. The van der Waals surface area contributed by atoms with Crippen LogP contribution in [0.4, 0.5) is 0 Å². The van der Waals surface area contributed by atoms with Crippen LogP contribution in [0, 0.1) is 0 Å². The largest absolute Gasteiger partial charge is 0.313 e. The smallest absolute Gasteiger partial charge is 0.138 e. The highest BCUT2D eigenvalue weighted by Crippen LogP contribution is 2.06. The molecule has 0 bridgehead atoms. The van der Waals surface area contributed by atoms with Crippen LogP contribution in [0.1, 0.15) is 12.5 Å². The van der Waals surface area contributed by atoms with Crippen molar-refractivity contribution in [3.05, 3.63) is 42.6 Å². The Kier molecular flexibility index (Phi) is 3.09. The van der Waals surface area contributed by atoms with Crippen molar-refractivity contribution >= 4 is 0 Å². The molecule has 4 nitrogen and oxygen atoms in total. The molecule has 0 amide bonds. The maximum Gasteiger partial charge on any atom is 0.138 e. The first-order valence-corrected chi connectivity index (χ1v) is 5.04. The average molecular weight is 202 g/mol. The molecular weight excluding hydrogens is 188 g/mol. The minimum absolute atomic E-state index is 0.876. The minimum Gasteiger partial charge on any atom is -0.313 e. The number of rotatable bonds is 4. The van der Waals surface area contributed by atoms with Gasteiger partial charge in [-0.3, -0.25) is 4.57 Å². The Balaban J connectivity index is 2.19. The average Bonchev–Trinajstić information content (AvgIpc) is 2.80. The van der Waals surface area contributed by atoms with Crippen molar-refractivity contribution < 1.29 is 0 Å². The van der Waals surface area contributed by atoms with Crippen LogP contribution < -0.4 is 5.32 Å². The van der Waals surface area contributed by atoms with Crippen LogP contribution in [0.15, 0.2) is 37.1 Å². The maximum atomic E-state index is 4.29. The van der Waals surface area contributed by atoms with Crippen molar-refractivity contribution in [1.82, 2.24) is 19.9 Å². The summed E-state index contributed by atoms with van der Waals surface area (Å²) in [6.45, 7) is 3.95. The molecule has 2 heterocycles. The van der Waals surface area contributed by atoms with Gasteiger partial charge in [-0.2, -0.15) is 0 Å². The van der Waals surface area contributed by atoms with Gasteiger partial charge in [0, 0.05) is 25.1 Å². The first-order chi connectivity index (χ1) is 7.40. The number of imidazole rings is 1. The van der Waals surface area contributed by atoms with E-state index in [1.807, 2.05) is 23.0 Å². The molecule has 15 heavy (non-hydrogen) atoms. The van der Waals surface area contributed by atoms with Crippen molar-refractivity contribution in [3.8, 4) is 5.82 Å². The zero-order valence-electron chi connectivity index (χ0n) is 8.72. The summed E-state index contributed by atoms with van der Waals surface area (Å²) in [4.78, 5) is 8.28. The Hall–Kier alpha value is -1.68. The molecule has 0 aliphatic carbocycles. The van der Waals surface area contributed by atoms with E-state index in [4.69, 9.17) is 0 Å². The lowest BCUT2D eigenvalue weighted by molar-refractivity contribution is 0.725. The van der Waals surface area contributed by atoms with Crippen molar-refractivity contribution in [2.75, 3.05) is 6.54 Å². The summed E-state index contributed by atoms with van der Waals surface area (Å²) >= 11 is 0.